The molecule has 0 aliphatic carbocycles. The third-order valence-corrected chi connectivity index (χ3v) is 3.10. The molecule has 106 valence electrons. The summed E-state index contributed by atoms with van der Waals surface area (Å²) in [6.45, 7) is 4.00. The van der Waals surface area contributed by atoms with Gasteiger partial charge in [-0.2, -0.15) is 0 Å². The van der Waals surface area contributed by atoms with Crippen molar-refractivity contribution in [1.29, 1.82) is 0 Å². The lowest BCUT2D eigenvalue weighted by molar-refractivity contribution is 0.175. The Balaban J connectivity index is 1.88. The summed E-state index contributed by atoms with van der Waals surface area (Å²) in [7, 11) is 0. The highest BCUT2D eigenvalue weighted by Gasteiger charge is 2.06. The van der Waals surface area contributed by atoms with Gasteiger partial charge in [0, 0.05) is 6.54 Å². The van der Waals surface area contributed by atoms with E-state index in [1.807, 2.05) is 61.5 Å². The summed E-state index contributed by atoms with van der Waals surface area (Å²) >= 11 is 0. The Labute approximate surface area is 120 Å². The lowest BCUT2D eigenvalue weighted by atomic mass is 10.1. The minimum atomic E-state index is -0.474. The average molecular weight is 271 g/mol. The first kappa shape index (κ1) is 14.6. The summed E-state index contributed by atoms with van der Waals surface area (Å²) < 4.78 is 5.71. The highest BCUT2D eigenvalue weighted by atomic mass is 16.5. The molecule has 0 aliphatic rings. The third-order valence-electron chi connectivity index (χ3n) is 3.10. The fourth-order valence-corrected chi connectivity index (χ4v) is 1.93. The zero-order valence-electron chi connectivity index (χ0n) is 11.8. The molecule has 2 rings (SSSR count). The SMILES string of the molecule is CCNCC(O)c1ccc(OCc2ccccc2)cc1. The highest BCUT2D eigenvalue weighted by Crippen LogP contribution is 2.18. The molecule has 20 heavy (non-hydrogen) atoms. The van der Waals surface area contributed by atoms with Crippen LogP contribution in [-0.2, 0) is 6.61 Å². The first-order valence-corrected chi connectivity index (χ1v) is 6.95. The van der Waals surface area contributed by atoms with Gasteiger partial charge in [0.05, 0.1) is 6.10 Å². The molecule has 0 saturated heterocycles. The summed E-state index contributed by atoms with van der Waals surface area (Å²) in [6, 6.07) is 17.7. The Hall–Kier alpha value is -1.84. The van der Waals surface area contributed by atoms with Crippen molar-refractivity contribution in [3.63, 3.8) is 0 Å². The van der Waals surface area contributed by atoms with Crippen LogP contribution >= 0.6 is 0 Å². The van der Waals surface area contributed by atoms with Gasteiger partial charge in [-0.05, 0) is 29.8 Å². The van der Waals surface area contributed by atoms with E-state index < -0.39 is 6.10 Å². The van der Waals surface area contributed by atoms with Crippen LogP contribution in [0.3, 0.4) is 0 Å². The van der Waals surface area contributed by atoms with E-state index in [0.717, 1.165) is 23.4 Å². The van der Waals surface area contributed by atoms with E-state index >= 15 is 0 Å². The lowest BCUT2D eigenvalue weighted by Crippen LogP contribution is -2.20. The standard InChI is InChI=1S/C17H21NO2/c1-2-18-12-17(19)15-8-10-16(11-9-15)20-13-14-6-4-3-5-7-14/h3-11,17-19H,2,12-13H2,1H3. The average Bonchev–Trinajstić information content (AvgIpc) is 2.52. The van der Waals surface area contributed by atoms with Crippen LogP contribution in [0.1, 0.15) is 24.2 Å². The Kier molecular flexibility index (Phi) is 5.59. The second-order valence-electron chi connectivity index (χ2n) is 4.67. The molecule has 3 nitrogen and oxygen atoms in total. The second kappa shape index (κ2) is 7.68. The topological polar surface area (TPSA) is 41.5 Å². The Morgan fingerprint density at radius 2 is 1.75 bits per heavy atom. The molecule has 1 unspecified atom stereocenters. The van der Waals surface area contributed by atoms with Crippen molar-refractivity contribution in [2.24, 2.45) is 0 Å². The van der Waals surface area contributed by atoms with Crippen molar-refractivity contribution in [2.45, 2.75) is 19.6 Å². The molecule has 0 aliphatic heterocycles. The zero-order valence-corrected chi connectivity index (χ0v) is 11.8. The molecule has 2 N–H and O–H groups in total. The molecule has 0 amide bonds. The normalized spacial score (nSPS) is 12.1. The van der Waals surface area contributed by atoms with Crippen molar-refractivity contribution < 1.29 is 9.84 Å². The van der Waals surface area contributed by atoms with E-state index in [1.54, 1.807) is 0 Å². The Morgan fingerprint density at radius 3 is 2.40 bits per heavy atom. The van der Waals surface area contributed by atoms with Gasteiger partial charge < -0.3 is 15.2 Å². The lowest BCUT2D eigenvalue weighted by Gasteiger charge is -2.12. The van der Waals surface area contributed by atoms with Gasteiger partial charge in [0.25, 0.3) is 0 Å². The second-order valence-corrected chi connectivity index (χ2v) is 4.67. The zero-order chi connectivity index (χ0) is 14.2. The summed E-state index contributed by atoms with van der Waals surface area (Å²) in [5.74, 6) is 0.813. The van der Waals surface area contributed by atoms with Gasteiger partial charge in [-0.3, -0.25) is 0 Å². The summed E-state index contributed by atoms with van der Waals surface area (Å²) in [4.78, 5) is 0. The van der Waals surface area contributed by atoms with Gasteiger partial charge >= 0.3 is 0 Å². The highest BCUT2D eigenvalue weighted by molar-refractivity contribution is 5.29. The van der Waals surface area contributed by atoms with E-state index in [-0.39, 0.29) is 0 Å². The number of ether oxygens (including phenoxy) is 1. The number of aliphatic hydroxyl groups is 1. The van der Waals surface area contributed by atoms with Gasteiger partial charge in [0.15, 0.2) is 0 Å². The molecule has 1 atom stereocenters. The van der Waals surface area contributed by atoms with E-state index in [4.69, 9.17) is 4.74 Å². The molecular formula is C17H21NO2. The largest absolute Gasteiger partial charge is 0.489 e. The Morgan fingerprint density at radius 1 is 1.05 bits per heavy atom. The smallest absolute Gasteiger partial charge is 0.119 e. The quantitative estimate of drug-likeness (QED) is 0.813. The minimum Gasteiger partial charge on any atom is -0.489 e. The molecule has 3 heteroatoms. The number of hydrogen-bond donors (Lipinski definition) is 2. The Bertz CT molecular complexity index is 496. The number of nitrogens with one attached hydrogen (secondary N) is 1. The van der Waals surface area contributed by atoms with Gasteiger partial charge in [-0.15, -0.1) is 0 Å². The van der Waals surface area contributed by atoms with Gasteiger partial charge in [-0.25, -0.2) is 0 Å². The number of hydrogen-bond acceptors (Lipinski definition) is 3. The van der Waals surface area contributed by atoms with Crippen molar-refractivity contribution in [1.82, 2.24) is 5.32 Å². The minimum absolute atomic E-state index is 0.474. The van der Waals surface area contributed by atoms with Crippen molar-refractivity contribution in [2.75, 3.05) is 13.1 Å². The van der Waals surface area contributed by atoms with E-state index in [1.165, 1.54) is 0 Å². The van der Waals surface area contributed by atoms with Crippen LogP contribution in [0, 0.1) is 0 Å². The fraction of sp³-hybridized carbons (Fsp3) is 0.294. The maximum absolute atomic E-state index is 9.95. The number of aliphatic hydroxyl groups excluding tert-OH is 1. The van der Waals surface area contributed by atoms with Crippen molar-refractivity contribution in [3.05, 3.63) is 65.7 Å². The number of rotatable bonds is 7. The van der Waals surface area contributed by atoms with Crippen LogP contribution in [0.2, 0.25) is 0 Å². The monoisotopic (exact) mass is 271 g/mol. The molecule has 0 fully saturated rings. The molecular weight excluding hydrogens is 250 g/mol. The molecule has 0 spiro atoms. The van der Waals surface area contributed by atoms with E-state index in [0.29, 0.717) is 13.2 Å². The van der Waals surface area contributed by atoms with Gasteiger partial charge in [-0.1, -0.05) is 49.4 Å². The van der Waals surface area contributed by atoms with Crippen LogP contribution in [0.25, 0.3) is 0 Å². The molecule has 0 saturated carbocycles. The summed E-state index contributed by atoms with van der Waals surface area (Å²) in [5.41, 5.74) is 2.04. The fourth-order valence-electron chi connectivity index (χ4n) is 1.93. The molecule has 0 aromatic heterocycles. The van der Waals surface area contributed by atoms with Crippen molar-refractivity contribution >= 4 is 0 Å². The van der Waals surface area contributed by atoms with Crippen LogP contribution in [-0.4, -0.2) is 18.2 Å². The van der Waals surface area contributed by atoms with E-state index in [2.05, 4.69) is 5.32 Å². The molecule has 2 aromatic carbocycles. The van der Waals surface area contributed by atoms with Crippen LogP contribution in [0.5, 0.6) is 5.75 Å². The maximum atomic E-state index is 9.95. The predicted molar refractivity (Wildman–Crippen MR) is 80.7 cm³/mol. The van der Waals surface area contributed by atoms with Crippen LogP contribution < -0.4 is 10.1 Å². The molecule has 0 radical (unpaired) electrons. The number of benzene rings is 2. The summed E-state index contributed by atoms with van der Waals surface area (Å²) in [5, 5.41) is 13.1. The first-order chi connectivity index (χ1) is 9.79. The van der Waals surface area contributed by atoms with Crippen LogP contribution in [0.15, 0.2) is 54.6 Å². The summed E-state index contributed by atoms with van der Waals surface area (Å²) in [6.07, 6.45) is -0.474. The number of likely N-dealkylation sites (N-methyl/N-ethyl adjacent to an activating group) is 1. The maximum Gasteiger partial charge on any atom is 0.119 e. The molecule has 0 heterocycles. The van der Waals surface area contributed by atoms with E-state index in [9.17, 15) is 5.11 Å². The van der Waals surface area contributed by atoms with Crippen LogP contribution in [0.4, 0.5) is 0 Å². The van der Waals surface area contributed by atoms with Gasteiger partial charge in [0.2, 0.25) is 0 Å². The first-order valence-electron chi connectivity index (χ1n) is 6.95. The molecule has 2 aromatic rings. The third kappa shape index (κ3) is 4.37. The van der Waals surface area contributed by atoms with Crippen molar-refractivity contribution in [3.8, 4) is 5.75 Å². The predicted octanol–water partition coefficient (Wildman–Crippen LogP) is 2.91. The van der Waals surface area contributed by atoms with Gasteiger partial charge in [0.1, 0.15) is 12.4 Å². The molecule has 0 bridgehead atoms.